The van der Waals surface area contributed by atoms with E-state index < -0.39 is 5.82 Å². The first-order valence-electron chi connectivity index (χ1n) is 5.40. The van der Waals surface area contributed by atoms with Crippen molar-refractivity contribution in [1.82, 2.24) is 0 Å². The summed E-state index contributed by atoms with van der Waals surface area (Å²) in [5.41, 5.74) is 7.51. The molecule has 2 aromatic rings. The van der Waals surface area contributed by atoms with Crippen molar-refractivity contribution >= 4 is 28.3 Å². The number of anilines is 1. The molecule has 0 saturated carbocycles. The summed E-state index contributed by atoms with van der Waals surface area (Å²) >= 11 is 1.83. The summed E-state index contributed by atoms with van der Waals surface area (Å²) < 4.78 is 19.7. The van der Waals surface area contributed by atoms with Crippen LogP contribution >= 0.6 is 22.6 Å². The summed E-state index contributed by atoms with van der Waals surface area (Å²) in [6.45, 7) is 0. The lowest BCUT2D eigenvalue weighted by Gasteiger charge is -2.11. The van der Waals surface area contributed by atoms with E-state index in [9.17, 15) is 4.39 Å². The van der Waals surface area contributed by atoms with Crippen molar-refractivity contribution in [1.29, 1.82) is 5.26 Å². The number of hydrogen-bond acceptors (Lipinski definition) is 3. The number of nitriles is 1. The molecule has 2 aromatic carbocycles. The molecule has 0 spiro atoms. The quantitative estimate of drug-likeness (QED) is 0.652. The van der Waals surface area contributed by atoms with E-state index in [-0.39, 0.29) is 9.32 Å². The Morgan fingerprint density at radius 2 is 2.11 bits per heavy atom. The highest BCUT2D eigenvalue weighted by Crippen LogP contribution is 2.35. The maximum absolute atomic E-state index is 14.3. The number of nitrogens with two attached hydrogens (primary N) is 1. The molecule has 0 aliphatic heterocycles. The minimum absolute atomic E-state index is 0.258. The summed E-state index contributed by atoms with van der Waals surface area (Å²) in [6.07, 6.45) is 0. The predicted molar refractivity (Wildman–Crippen MR) is 80.2 cm³/mol. The number of methoxy groups -OCH3 is 1. The van der Waals surface area contributed by atoms with Gasteiger partial charge in [0.25, 0.3) is 0 Å². The van der Waals surface area contributed by atoms with E-state index in [1.165, 1.54) is 13.2 Å². The van der Waals surface area contributed by atoms with Gasteiger partial charge in [-0.25, -0.2) is 4.39 Å². The van der Waals surface area contributed by atoms with Crippen LogP contribution in [-0.4, -0.2) is 7.11 Å². The molecule has 0 heterocycles. The minimum atomic E-state index is -0.415. The van der Waals surface area contributed by atoms with E-state index in [0.29, 0.717) is 22.4 Å². The van der Waals surface area contributed by atoms with Crippen molar-refractivity contribution in [2.75, 3.05) is 12.8 Å². The zero-order valence-electron chi connectivity index (χ0n) is 10.1. The Morgan fingerprint density at radius 1 is 1.37 bits per heavy atom. The monoisotopic (exact) mass is 368 g/mol. The van der Waals surface area contributed by atoms with Crippen LogP contribution in [0.3, 0.4) is 0 Å². The van der Waals surface area contributed by atoms with Gasteiger partial charge in [-0.2, -0.15) is 5.26 Å². The van der Waals surface area contributed by atoms with Crippen LogP contribution in [0, 0.1) is 20.7 Å². The van der Waals surface area contributed by atoms with Gasteiger partial charge < -0.3 is 10.5 Å². The fourth-order valence-electron chi connectivity index (χ4n) is 1.81. The maximum atomic E-state index is 14.3. The third-order valence-corrected chi connectivity index (χ3v) is 3.65. The molecule has 2 rings (SSSR count). The first-order chi connectivity index (χ1) is 9.08. The Morgan fingerprint density at radius 3 is 2.68 bits per heavy atom. The van der Waals surface area contributed by atoms with E-state index in [2.05, 4.69) is 0 Å². The summed E-state index contributed by atoms with van der Waals surface area (Å²) in [5.74, 6) is -0.157. The summed E-state index contributed by atoms with van der Waals surface area (Å²) in [6, 6.07) is 10.4. The summed E-state index contributed by atoms with van der Waals surface area (Å²) in [5, 5.41) is 9.11. The Bertz CT molecular complexity index is 680. The lowest BCUT2D eigenvalue weighted by atomic mass is 10.0. The molecule has 19 heavy (non-hydrogen) atoms. The van der Waals surface area contributed by atoms with Gasteiger partial charge in [-0.05, 0) is 46.4 Å². The molecule has 0 radical (unpaired) electrons. The third kappa shape index (κ3) is 2.49. The number of nitrogens with zero attached hydrogens (tertiary/aromatic N) is 1. The molecule has 0 aromatic heterocycles. The predicted octanol–water partition coefficient (Wildman–Crippen LogP) is 3.56. The molecule has 0 saturated heterocycles. The number of ether oxygens (including phenoxy) is 1. The Hall–Kier alpha value is -1.81. The van der Waals surface area contributed by atoms with Gasteiger partial charge in [0.15, 0.2) is 5.75 Å². The normalized spacial score (nSPS) is 10.0. The molecule has 0 aliphatic rings. The molecule has 0 amide bonds. The molecule has 0 bridgehead atoms. The molecule has 0 fully saturated rings. The Balaban J connectivity index is 2.72. The smallest absolute Gasteiger partial charge is 0.152 e. The van der Waals surface area contributed by atoms with Gasteiger partial charge in [0.05, 0.1) is 16.2 Å². The third-order valence-electron chi connectivity index (χ3n) is 2.68. The van der Waals surface area contributed by atoms with Gasteiger partial charge in [-0.1, -0.05) is 12.1 Å². The van der Waals surface area contributed by atoms with Gasteiger partial charge in [0, 0.05) is 11.3 Å². The van der Waals surface area contributed by atoms with Crippen LogP contribution in [0.5, 0.6) is 5.75 Å². The van der Waals surface area contributed by atoms with Crippen LogP contribution in [0.1, 0.15) is 5.56 Å². The number of nitrogen functional groups attached to an aromatic ring is 1. The number of benzene rings is 2. The summed E-state index contributed by atoms with van der Waals surface area (Å²) in [4.78, 5) is 0. The second-order valence-electron chi connectivity index (χ2n) is 3.87. The van der Waals surface area contributed by atoms with E-state index in [4.69, 9.17) is 15.7 Å². The second kappa shape index (κ2) is 5.45. The highest BCUT2D eigenvalue weighted by atomic mass is 127. The van der Waals surface area contributed by atoms with Crippen LogP contribution in [0.4, 0.5) is 10.1 Å². The highest BCUT2D eigenvalue weighted by molar-refractivity contribution is 14.1. The SMILES string of the molecule is COc1c(C#N)cc(-c2cccc(N)c2)c(F)c1I. The molecule has 96 valence electrons. The first kappa shape index (κ1) is 13.6. The van der Waals surface area contributed by atoms with Crippen molar-refractivity contribution in [3.8, 4) is 22.9 Å². The second-order valence-corrected chi connectivity index (χ2v) is 4.95. The van der Waals surface area contributed by atoms with Gasteiger partial charge in [-0.3, -0.25) is 0 Å². The van der Waals surface area contributed by atoms with Crippen LogP contribution in [0.2, 0.25) is 0 Å². The van der Waals surface area contributed by atoms with E-state index in [1.807, 2.05) is 28.7 Å². The molecule has 3 nitrogen and oxygen atoms in total. The van der Waals surface area contributed by atoms with E-state index in [1.54, 1.807) is 24.3 Å². The van der Waals surface area contributed by atoms with Crippen LogP contribution < -0.4 is 10.5 Å². The van der Waals surface area contributed by atoms with Crippen LogP contribution in [0.25, 0.3) is 11.1 Å². The Labute approximate surface area is 123 Å². The number of halogens is 2. The lowest BCUT2D eigenvalue weighted by Crippen LogP contribution is -1.98. The molecule has 2 N–H and O–H groups in total. The fraction of sp³-hybridized carbons (Fsp3) is 0.0714. The van der Waals surface area contributed by atoms with Gasteiger partial charge >= 0.3 is 0 Å². The topological polar surface area (TPSA) is 59.0 Å². The molecule has 0 unspecified atom stereocenters. The van der Waals surface area contributed by atoms with Crippen molar-refractivity contribution in [2.45, 2.75) is 0 Å². The highest BCUT2D eigenvalue weighted by Gasteiger charge is 2.18. The zero-order chi connectivity index (χ0) is 14.0. The zero-order valence-corrected chi connectivity index (χ0v) is 12.2. The van der Waals surface area contributed by atoms with Gasteiger partial charge in [0.1, 0.15) is 11.9 Å². The van der Waals surface area contributed by atoms with Gasteiger partial charge in [-0.15, -0.1) is 0 Å². The largest absolute Gasteiger partial charge is 0.494 e. The van der Waals surface area contributed by atoms with Crippen molar-refractivity contribution in [3.05, 3.63) is 45.3 Å². The average Bonchev–Trinajstić information content (AvgIpc) is 2.41. The number of rotatable bonds is 2. The number of hydrogen-bond donors (Lipinski definition) is 1. The van der Waals surface area contributed by atoms with E-state index >= 15 is 0 Å². The molecule has 0 aliphatic carbocycles. The van der Waals surface area contributed by atoms with E-state index in [0.717, 1.165) is 0 Å². The summed E-state index contributed by atoms with van der Waals surface area (Å²) in [7, 11) is 1.41. The molecule has 5 heteroatoms. The van der Waals surface area contributed by atoms with Crippen LogP contribution in [0.15, 0.2) is 30.3 Å². The molecular weight excluding hydrogens is 358 g/mol. The first-order valence-corrected chi connectivity index (χ1v) is 6.48. The van der Waals surface area contributed by atoms with Gasteiger partial charge in [0.2, 0.25) is 0 Å². The van der Waals surface area contributed by atoms with Crippen molar-refractivity contribution in [2.24, 2.45) is 0 Å². The maximum Gasteiger partial charge on any atom is 0.152 e. The fourth-order valence-corrected chi connectivity index (χ4v) is 2.61. The molecular formula is C14H10FIN2O. The standard InChI is InChI=1S/C14H10FIN2O/c1-19-14-9(7-17)6-11(12(15)13(14)16)8-3-2-4-10(18)5-8/h2-6H,18H2,1H3. The molecule has 0 atom stereocenters. The Kier molecular flexibility index (Phi) is 3.90. The average molecular weight is 368 g/mol. The van der Waals surface area contributed by atoms with Crippen molar-refractivity contribution < 1.29 is 9.13 Å². The minimum Gasteiger partial charge on any atom is -0.494 e. The van der Waals surface area contributed by atoms with Crippen LogP contribution in [-0.2, 0) is 0 Å². The van der Waals surface area contributed by atoms with Crippen molar-refractivity contribution in [3.63, 3.8) is 0 Å². The lowest BCUT2D eigenvalue weighted by molar-refractivity contribution is 0.406.